The van der Waals surface area contributed by atoms with Crippen LogP contribution in [0.5, 0.6) is 5.75 Å². The van der Waals surface area contributed by atoms with Crippen LogP contribution in [0.2, 0.25) is 0 Å². The summed E-state index contributed by atoms with van der Waals surface area (Å²) in [5.74, 6) is 0.586. The zero-order valence-corrected chi connectivity index (χ0v) is 14.8. The van der Waals surface area contributed by atoms with Crippen LogP contribution in [-0.2, 0) is 12.8 Å². The van der Waals surface area contributed by atoms with Gasteiger partial charge in [-0.25, -0.2) is 0 Å². The minimum atomic E-state index is -0.0886. The summed E-state index contributed by atoms with van der Waals surface area (Å²) in [6.07, 6.45) is 6.54. The van der Waals surface area contributed by atoms with E-state index in [2.05, 4.69) is 30.1 Å². The van der Waals surface area contributed by atoms with Gasteiger partial charge in [-0.05, 0) is 67.5 Å². The molecule has 1 aliphatic rings. The van der Waals surface area contributed by atoms with E-state index in [0.717, 1.165) is 12.0 Å². The first-order chi connectivity index (χ1) is 12.2. The maximum atomic E-state index is 12.6. The van der Waals surface area contributed by atoms with E-state index in [1.165, 1.54) is 30.4 Å². The normalized spacial score (nSPS) is 14.3. The topological polar surface area (TPSA) is 38.3 Å². The number of ether oxygens (including phenoxy) is 1. The van der Waals surface area contributed by atoms with E-state index in [1.54, 1.807) is 18.2 Å². The van der Waals surface area contributed by atoms with Crippen LogP contribution < -0.4 is 10.1 Å². The fraction of sp³-hybridized carbons (Fsp3) is 0.318. The van der Waals surface area contributed by atoms with Crippen molar-refractivity contribution in [2.24, 2.45) is 0 Å². The maximum Gasteiger partial charge on any atom is 0.251 e. The van der Waals surface area contributed by atoms with Crippen LogP contribution in [0.25, 0.3) is 0 Å². The Bertz CT molecular complexity index is 766. The number of rotatable bonds is 6. The van der Waals surface area contributed by atoms with E-state index in [0.29, 0.717) is 17.9 Å². The molecule has 0 fully saturated rings. The molecule has 0 saturated carbocycles. The molecule has 0 radical (unpaired) electrons. The first-order valence-electron chi connectivity index (χ1n) is 8.93. The van der Waals surface area contributed by atoms with Gasteiger partial charge in [0.2, 0.25) is 0 Å². The predicted octanol–water partition coefficient (Wildman–Crippen LogP) is 4.62. The molecule has 3 nitrogen and oxygen atoms in total. The molecule has 1 aliphatic carbocycles. The molecular formula is C22H25NO2. The maximum absolute atomic E-state index is 12.6. The summed E-state index contributed by atoms with van der Waals surface area (Å²) in [6.45, 7) is 6.09. The van der Waals surface area contributed by atoms with E-state index < -0.39 is 0 Å². The second-order valence-corrected chi connectivity index (χ2v) is 6.56. The second kappa shape index (κ2) is 8.02. The van der Waals surface area contributed by atoms with Crippen molar-refractivity contribution >= 4 is 5.91 Å². The lowest BCUT2D eigenvalue weighted by molar-refractivity contribution is 0.0939. The first-order valence-corrected chi connectivity index (χ1v) is 8.93. The van der Waals surface area contributed by atoms with Gasteiger partial charge in [0.05, 0.1) is 6.04 Å². The quantitative estimate of drug-likeness (QED) is 0.782. The molecule has 2 aromatic rings. The lowest BCUT2D eigenvalue weighted by atomic mass is 9.89. The van der Waals surface area contributed by atoms with Crippen LogP contribution in [0.15, 0.2) is 55.1 Å². The molecule has 0 aromatic heterocycles. The van der Waals surface area contributed by atoms with Crippen LogP contribution in [0.1, 0.15) is 52.9 Å². The highest BCUT2D eigenvalue weighted by molar-refractivity contribution is 5.94. The number of hydrogen-bond acceptors (Lipinski definition) is 2. The number of aryl methyl sites for hydroxylation is 2. The fourth-order valence-corrected chi connectivity index (χ4v) is 3.27. The standard InChI is InChI=1S/C22H25NO2/c1-3-13-25-21-10-6-9-20(15-21)22(24)23-16(2)18-12-11-17-7-4-5-8-19(17)14-18/h3,6,9-12,14-16H,1,4-5,7-8,13H2,2H3,(H,23,24). The molecule has 1 amide bonds. The van der Waals surface area contributed by atoms with Gasteiger partial charge in [-0.3, -0.25) is 4.79 Å². The van der Waals surface area contributed by atoms with Crippen LogP contribution in [0, 0.1) is 0 Å². The lowest BCUT2D eigenvalue weighted by Gasteiger charge is -2.20. The average Bonchev–Trinajstić information content (AvgIpc) is 2.66. The van der Waals surface area contributed by atoms with Crippen molar-refractivity contribution in [1.82, 2.24) is 5.32 Å². The lowest BCUT2D eigenvalue weighted by Crippen LogP contribution is -2.26. The Hall–Kier alpha value is -2.55. The third-order valence-electron chi connectivity index (χ3n) is 4.68. The van der Waals surface area contributed by atoms with Crippen molar-refractivity contribution < 1.29 is 9.53 Å². The van der Waals surface area contributed by atoms with E-state index in [4.69, 9.17) is 4.74 Å². The molecule has 1 unspecified atom stereocenters. The molecule has 25 heavy (non-hydrogen) atoms. The van der Waals surface area contributed by atoms with Gasteiger partial charge < -0.3 is 10.1 Å². The SMILES string of the molecule is C=CCOc1cccc(C(=O)NC(C)c2ccc3c(c2)CCCC3)c1. The minimum absolute atomic E-state index is 0.0301. The van der Waals surface area contributed by atoms with Gasteiger partial charge in [0.15, 0.2) is 0 Å². The summed E-state index contributed by atoms with van der Waals surface area (Å²) in [5.41, 5.74) is 4.66. The zero-order valence-electron chi connectivity index (χ0n) is 14.8. The van der Waals surface area contributed by atoms with Gasteiger partial charge in [0, 0.05) is 5.56 Å². The van der Waals surface area contributed by atoms with E-state index in [-0.39, 0.29) is 11.9 Å². The zero-order chi connectivity index (χ0) is 17.6. The van der Waals surface area contributed by atoms with E-state index >= 15 is 0 Å². The van der Waals surface area contributed by atoms with Crippen LogP contribution >= 0.6 is 0 Å². The monoisotopic (exact) mass is 335 g/mol. The molecule has 0 aliphatic heterocycles. The summed E-state index contributed by atoms with van der Waals surface area (Å²) in [7, 11) is 0. The molecule has 1 N–H and O–H groups in total. The number of carbonyl (C=O) groups excluding carboxylic acids is 1. The highest BCUT2D eigenvalue weighted by Gasteiger charge is 2.15. The summed E-state index contributed by atoms with van der Waals surface area (Å²) < 4.78 is 5.50. The van der Waals surface area contributed by atoms with Gasteiger partial charge in [-0.2, -0.15) is 0 Å². The first kappa shape index (κ1) is 17.3. The molecule has 130 valence electrons. The summed E-state index contributed by atoms with van der Waals surface area (Å²) in [5, 5.41) is 3.09. The van der Waals surface area contributed by atoms with Crippen LogP contribution in [0.3, 0.4) is 0 Å². The molecule has 0 bridgehead atoms. The highest BCUT2D eigenvalue weighted by Crippen LogP contribution is 2.25. The summed E-state index contributed by atoms with van der Waals surface area (Å²) in [4.78, 5) is 12.6. The van der Waals surface area contributed by atoms with Crippen molar-refractivity contribution in [2.45, 2.75) is 38.6 Å². The molecule has 2 aromatic carbocycles. The van der Waals surface area contributed by atoms with Crippen LogP contribution in [0.4, 0.5) is 0 Å². The molecule has 0 heterocycles. The molecule has 1 atom stereocenters. The summed E-state index contributed by atoms with van der Waals surface area (Å²) >= 11 is 0. The number of benzene rings is 2. The van der Waals surface area contributed by atoms with Gasteiger partial charge >= 0.3 is 0 Å². The largest absolute Gasteiger partial charge is 0.490 e. The van der Waals surface area contributed by atoms with E-state index in [9.17, 15) is 4.79 Å². The minimum Gasteiger partial charge on any atom is -0.490 e. The summed E-state index contributed by atoms with van der Waals surface area (Å²) in [6, 6.07) is 13.8. The Kier molecular flexibility index (Phi) is 5.54. The molecular weight excluding hydrogens is 310 g/mol. The van der Waals surface area contributed by atoms with Gasteiger partial charge in [0.1, 0.15) is 12.4 Å². The van der Waals surface area contributed by atoms with E-state index in [1.807, 2.05) is 19.1 Å². The number of amides is 1. The Morgan fingerprint density at radius 2 is 2.00 bits per heavy atom. The average molecular weight is 335 g/mol. The highest BCUT2D eigenvalue weighted by atomic mass is 16.5. The second-order valence-electron chi connectivity index (χ2n) is 6.56. The molecule has 3 rings (SSSR count). The Balaban J connectivity index is 1.69. The predicted molar refractivity (Wildman–Crippen MR) is 101 cm³/mol. The third-order valence-corrected chi connectivity index (χ3v) is 4.68. The van der Waals surface area contributed by atoms with Crippen molar-refractivity contribution in [3.05, 3.63) is 77.4 Å². The number of fused-ring (bicyclic) bond motifs is 1. The number of nitrogens with one attached hydrogen (secondary N) is 1. The van der Waals surface area contributed by atoms with Gasteiger partial charge in [-0.15, -0.1) is 0 Å². The van der Waals surface area contributed by atoms with Crippen molar-refractivity contribution in [3.63, 3.8) is 0 Å². The fourth-order valence-electron chi connectivity index (χ4n) is 3.27. The number of hydrogen-bond donors (Lipinski definition) is 1. The molecule has 0 saturated heterocycles. The number of carbonyl (C=O) groups is 1. The third kappa shape index (κ3) is 4.30. The van der Waals surface area contributed by atoms with Crippen molar-refractivity contribution in [1.29, 1.82) is 0 Å². The Morgan fingerprint density at radius 1 is 1.20 bits per heavy atom. The van der Waals surface area contributed by atoms with Crippen molar-refractivity contribution in [2.75, 3.05) is 6.61 Å². The Labute approximate surface area is 149 Å². The van der Waals surface area contributed by atoms with Gasteiger partial charge in [-0.1, -0.05) is 36.9 Å². The molecule has 0 spiro atoms. The van der Waals surface area contributed by atoms with Crippen molar-refractivity contribution in [3.8, 4) is 5.75 Å². The van der Waals surface area contributed by atoms with Crippen LogP contribution in [-0.4, -0.2) is 12.5 Å². The molecule has 3 heteroatoms. The Morgan fingerprint density at radius 3 is 2.80 bits per heavy atom. The van der Waals surface area contributed by atoms with Gasteiger partial charge in [0.25, 0.3) is 5.91 Å². The smallest absolute Gasteiger partial charge is 0.251 e.